The second kappa shape index (κ2) is 14.4. The number of carbonyl (C=O) groups excluding carboxylic acids is 2. The quantitative estimate of drug-likeness (QED) is 0.176. The summed E-state index contributed by atoms with van der Waals surface area (Å²) in [5.74, 6) is -0.360. The highest BCUT2D eigenvalue weighted by molar-refractivity contribution is 7.90. The normalized spacial score (nSPS) is 14.8. The number of nitrogens with one attached hydrogen (secondary N) is 2. The fourth-order valence-electron chi connectivity index (χ4n) is 6.16. The van der Waals surface area contributed by atoms with E-state index in [0.29, 0.717) is 36.2 Å². The molecular formula is C37H42ClN3O5S. The zero-order valence-electron chi connectivity index (χ0n) is 27.3. The fraction of sp³-hybridized carbons (Fsp3) is 0.351. The minimum Gasteiger partial charge on any atom is -0.510 e. The van der Waals surface area contributed by atoms with E-state index in [9.17, 15) is 23.1 Å². The summed E-state index contributed by atoms with van der Waals surface area (Å²) in [5.41, 5.74) is 6.06. The van der Waals surface area contributed by atoms with Gasteiger partial charge in [0.05, 0.1) is 21.5 Å². The average Bonchev–Trinajstić information content (AvgIpc) is 3.47. The van der Waals surface area contributed by atoms with E-state index in [-0.39, 0.29) is 28.0 Å². The smallest absolute Gasteiger partial charge is 0.254 e. The summed E-state index contributed by atoms with van der Waals surface area (Å²) in [4.78, 5) is 32.3. The minimum atomic E-state index is -3.41. The lowest BCUT2D eigenvalue weighted by molar-refractivity contribution is 0.0734. The molecule has 1 unspecified atom stereocenters. The van der Waals surface area contributed by atoms with Crippen LogP contribution in [0.15, 0.2) is 77.0 Å². The van der Waals surface area contributed by atoms with Crippen molar-refractivity contribution in [2.45, 2.75) is 76.8 Å². The monoisotopic (exact) mass is 675 g/mol. The van der Waals surface area contributed by atoms with Crippen LogP contribution in [-0.2, 0) is 29.2 Å². The number of benzene rings is 3. The summed E-state index contributed by atoms with van der Waals surface area (Å²) >= 11 is 6.74. The first kappa shape index (κ1) is 34.3. The number of aromatic nitrogens is 1. The Kier molecular flexibility index (Phi) is 10.5. The molecule has 1 fully saturated rings. The molecular weight excluding hydrogens is 634 g/mol. The van der Waals surface area contributed by atoms with Crippen molar-refractivity contribution in [3.05, 3.63) is 111 Å². The number of fused-ring (bicyclic) bond motifs is 2. The maximum absolute atomic E-state index is 13.8. The molecule has 1 saturated carbocycles. The number of hydrogen-bond acceptors (Lipinski definition) is 5. The molecule has 3 N–H and O–H groups in total. The van der Waals surface area contributed by atoms with E-state index in [0.717, 1.165) is 58.7 Å². The molecule has 1 aliphatic carbocycles. The van der Waals surface area contributed by atoms with Gasteiger partial charge in [0.25, 0.3) is 11.8 Å². The summed E-state index contributed by atoms with van der Waals surface area (Å²) in [6.45, 7) is 7.00. The van der Waals surface area contributed by atoms with Crippen molar-refractivity contribution in [3.63, 3.8) is 0 Å². The first-order valence-corrected chi connectivity index (χ1v) is 18.4. The van der Waals surface area contributed by atoms with Gasteiger partial charge in [-0.2, -0.15) is 0 Å². The summed E-state index contributed by atoms with van der Waals surface area (Å²) < 4.78 is 24.2. The highest BCUT2D eigenvalue weighted by atomic mass is 35.5. The second-order valence-electron chi connectivity index (χ2n) is 12.5. The molecule has 8 nitrogen and oxygen atoms in total. The first-order valence-electron chi connectivity index (χ1n) is 16.1. The standard InChI is InChI=1S/C34H34ClN3O5S.C3H8/c1-20-27-12-14-38(34(41)24-10-9-22-11-13-36-29(22)18-24)19-25(27)17-28(35)31(20)33(40)37-30(32(39)23-6-4-7-23)16-21-5-3-8-26(15-21)44(2,42)43;1-3-2/h3,5,8-11,13,15,17-18,30,36,39H,4,6-7,12,14,16,19H2,1-2H3,(H,37,40);3H2,1-2H3. The molecule has 10 heteroatoms. The largest absolute Gasteiger partial charge is 0.510 e. The predicted octanol–water partition coefficient (Wildman–Crippen LogP) is 7.49. The van der Waals surface area contributed by atoms with Gasteiger partial charge in [0.2, 0.25) is 0 Å². The third-order valence-electron chi connectivity index (χ3n) is 8.79. The molecule has 47 heavy (non-hydrogen) atoms. The Hall–Kier alpha value is -4.08. The fourth-order valence-corrected chi connectivity index (χ4v) is 7.21. The number of aliphatic hydroxyl groups excluding tert-OH is 1. The zero-order valence-corrected chi connectivity index (χ0v) is 28.9. The van der Waals surface area contributed by atoms with Crippen LogP contribution in [0.1, 0.15) is 82.5 Å². The number of H-pyrrole nitrogens is 1. The number of hydrogen-bond donors (Lipinski definition) is 3. The number of nitrogens with zero attached hydrogens (tertiary/aromatic N) is 1. The van der Waals surface area contributed by atoms with Crippen molar-refractivity contribution in [1.82, 2.24) is 15.2 Å². The number of allylic oxidation sites excluding steroid dienone is 1. The van der Waals surface area contributed by atoms with E-state index in [4.69, 9.17) is 11.6 Å². The molecule has 4 aromatic rings. The van der Waals surface area contributed by atoms with E-state index in [1.54, 1.807) is 29.2 Å². The molecule has 0 saturated heterocycles. The van der Waals surface area contributed by atoms with Gasteiger partial charge in [0.1, 0.15) is 5.76 Å². The molecule has 2 aliphatic rings. The van der Waals surface area contributed by atoms with Crippen molar-refractivity contribution in [3.8, 4) is 0 Å². The van der Waals surface area contributed by atoms with Crippen LogP contribution in [0.2, 0.25) is 5.02 Å². The molecule has 0 spiro atoms. The number of aromatic amines is 1. The molecule has 1 aromatic heterocycles. The molecule has 3 aromatic carbocycles. The Morgan fingerprint density at radius 1 is 1.06 bits per heavy atom. The first-order chi connectivity index (χ1) is 22.4. The third-order valence-corrected chi connectivity index (χ3v) is 10.2. The van der Waals surface area contributed by atoms with Crippen molar-refractivity contribution >= 4 is 44.2 Å². The van der Waals surface area contributed by atoms with Gasteiger partial charge in [-0.05, 0) is 109 Å². The second-order valence-corrected chi connectivity index (χ2v) is 14.9. The van der Waals surface area contributed by atoms with E-state index in [2.05, 4.69) is 24.1 Å². The van der Waals surface area contributed by atoms with Crippen LogP contribution < -0.4 is 5.32 Å². The number of halogens is 1. The average molecular weight is 676 g/mol. The van der Waals surface area contributed by atoms with E-state index < -0.39 is 21.8 Å². The minimum absolute atomic E-state index is 0.0648. The van der Waals surface area contributed by atoms with E-state index in [1.165, 1.54) is 12.5 Å². The SMILES string of the molecule is CCC.Cc1c2c(cc(Cl)c1C(=O)NC(Cc1cccc(S(C)(=O)=O)c1)C(O)=C1CCC1)CN(C(=O)c1ccc3cc[nH]c3c1)CC2. The third kappa shape index (κ3) is 7.57. The van der Waals surface area contributed by atoms with E-state index >= 15 is 0 Å². The lowest BCUT2D eigenvalue weighted by Crippen LogP contribution is -2.40. The Morgan fingerprint density at radius 2 is 1.81 bits per heavy atom. The van der Waals surface area contributed by atoms with Gasteiger partial charge in [-0.25, -0.2) is 8.42 Å². The van der Waals surface area contributed by atoms with Crippen LogP contribution >= 0.6 is 11.6 Å². The van der Waals surface area contributed by atoms with Crippen molar-refractivity contribution in [2.24, 2.45) is 0 Å². The van der Waals surface area contributed by atoms with Crippen LogP contribution in [0.4, 0.5) is 0 Å². The van der Waals surface area contributed by atoms with E-state index in [1.807, 2.05) is 37.4 Å². The van der Waals surface area contributed by atoms with Crippen molar-refractivity contribution < 1.29 is 23.1 Å². The van der Waals surface area contributed by atoms with Crippen LogP contribution in [0.5, 0.6) is 0 Å². The predicted molar refractivity (Wildman–Crippen MR) is 187 cm³/mol. The van der Waals surface area contributed by atoms with Crippen LogP contribution in [0.25, 0.3) is 10.9 Å². The number of sulfone groups is 1. The lowest BCUT2D eigenvalue weighted by atomic mass is 9.87. The van der Waals surface area contributed by atoms with Gasteiger partial charge >= 0.3 is 0 Å². The van der Waals surface area contributed by atoms with Crippen LogP contribution in [0, 0.1) is 6.92 Å². The van der Waals surface area contributed by atoms with Gasteiger partial charge in [-0.15, -0.1) is 0 Å². The summed E-state index contributed by atoms with van der Waals surface area (Å²) in [6, 6.07) is 15.2. The highest BCUT2D eigenvalue weighted by Crippen LogP contribution is 2.33. The topological polar surface area (TPSA) is 120 Å². The molecule has 0 bridgehead atoms. The van der Waals surface area contributed by atoms with Crippen molar-refractivity contribution in [2.75, 3.05) is 12.8 Å². The zero-order chi connectivity index (χ0) is 33.9. The van der Waals surface area contributed by atoms with Gasteiger partial charge in [-0.3, -0.25) is 9.59 Å². The summed E-state index contributed by atoms with van der Waals surface area (Å²) in [6.07, 6.45) is 7.53. The molecule has 6 rings (SSSR count). The van der Waals surface area contributed by atoms with Gasteiger partial charge in [0, 0.05) is 36.6 Å². The molecule has 1 atom stereocenters. The molecule has 2 heterocycles. The van der Waals surface area contributed by atoms with Crippen LogP contribution in [-0.4, -0.2) is 54.1 Å². The van der Waals surface area contributed by atoms with Crippen LogP contribution in [0.3, 0.4) is 0 Å². The van der Waals surface area contributed by atoms with Gasteiger partial charge in [0.15, 0.2) is 9.84 Å². The Bertz CT molecular complexity index is 1960. The lowest BCUT2D eigenvalue weighted by Gasteiger charge is -2.31. The number of amides is 2. The van der Waals surface area contributed by atoms with Gasteiger partial charge in [-0.1, -0.05) is 50.1 Å². The molecule has 2 amide bonds. The maximum Gasteiger partial charge on any atom is 0.254 e. The molecule has 248 valence electrons. The Morgan fingerprint density at radius 3 is 2.49 bits per heavy atom. The number of carbonyl (C=O) groups is 2. The molecule has 1 aliphatic heterocycles. The summed E-state index contributed by atoms with van der Waals surface area (Å²) in [5, 5.41) is 15.4. The Balaban J connectivity index is 0.00000139. The molecule has 0 radical (unpaired) electrons. The number of aliphatic hydroxyl groups is 1. The Labute approximate surface area is 281 Å². The van der Waals surface area contributed by atoms with Gasteiger partial charge < -0.3 is 20.3 Å². The number of rotatable bonds is 7. The van der Waals surface area contributed by atoms with Crippen molar-refractivity contribution in [1.29, 1.82) is 0 Å². The summed E-state index contributed by atoms with van der Waals surface area (Å²) in [7, 11) is -3.41. The highest BCUT2D eigenvalue weighted by Gasteiger charge is 2.29. The maximum atomic E-state index is 13.8.